The summed E-state index contributed by atoms with van der Waals surface area (Å²) >= 11 is 4.92. The van der Waals surface area contributed by atoms with Crippen molar-refractivity contribution in [1.82, 2.24) is 5.32 Å². The van der Waals surface area contributed by atoms with E-state index in [2.05, 4.69) is 21.2 Å². The van der Waals surface area contributed by atoms with E-state index in [1.54, 1.807) is 18.3 Å². The third kappa shape index (κ3) is 5.11. The van der Waals surface area contributed by atoms with Gasteiger partial charge in [0.15, 0.2) is 0 Å². The molecule has 1 atom stereocenters. The van der Waals surface area contributed by atoms with Gasteiger partial charge in [0.2, 0.25) is 5.91 Å². The number of amides is 1. The molecule has 0 spiro atoms. The summed E-state index contributed by atoms with van der Waals surface area (Å²) in [5, 5.41) is 4.70. The van der Waals surface area contributed by atoms with Crippen molar-refractivity contribution in [3.8, 4) is 0 Å². The molecule has 116 valence electrons. The number of esters is 1. The molecular weight excluding hydrogens is 354 g/mol. The van der Waals surface area contributed by atoms with Gasteiger partial charge in [-0.3, -0.25) is 4.79 Å². The summed E-state index contributed by atoms with van der Waals surface area (Å²) in [6, 6.07) is 1.32. The van der Waals surface area contributed by atoms with Crippen LogP contribution in [0.1, 0.15) is 44.6 Å². The van der Waals surface area contributed by atoms with Crippen LogP contribution in [-0.2, 0) is 20.9 Å². The van der Waals surface area contributed by atoms with E-state index in [0.29, 0.717) is 0 Å². The first kappa shape index (κ1) is 16.5. The van der Waals surface area contributed by atoms with Crippen molar-refractivity contribution in [1.29, 1.82) is 0 Å². The van der Waals surface area contributed by atoms with Gasteiger partial charge >= 0.3 is 5.97 Å². The van der Waals surface area contributed by atoms with E-state index in [4.69, 9.17) is 4.74 Å². The first-order valence-electron chi connectivity index (χ1n) is 7.26. The molecule has 0 bridgehead atoms. The zero-order valence-corrected chi connectivity index (χ0v) is 14.5. The van der Waals surface area contributed by atoms with Gasteiger partial charge < -0.3 is 10.1 Å². The third-order valence-electron chi connectivity index (χ3n) is 3.69. The standard InChI is InChI=1S/C15H20BrNO3S/c1-10(17-14(18)12-5-3-2-4-6-12)15(19)20-8-11-7-13(16)21-9-11/h7,9-10,12H,2-6,8H2,1H3,(H,17,18). The van der Waals surface area contributed by atoms with Crippen LogP contribution in [0.4, 0.5) is 0 Å². The van der Waals surface area contributed by atoms with E-state index in [1.807, 2.05) is 11.4 Å². The Hall–Kier alpha value is -0.880. The summed E-state index contributed by atoms with van der Waals surface area (Å²) < 4.78 is 6.23. The lowest BCUT2D eigenvalue weighted by Gasteiger charge is -2.22. The molecule has 6 heteroatoms. The van der Waals surface area contributed by atoms with Crippen LogP contribution in [0.5, 0.6) is 0 Å². The molecule has 0 radical (unpaired) electrons. The van der Waals surface area contributed by atoms with E-state index in [1.165, 1.54) is 6.42 Å². The minimum atomic E-state index is -0.596. The number of nitrogens with one attached hydrogen (secondary N) is 1. The predicted octanol–water partition coefficient (Wildman–Crippen LogP) is 3.64. The zero-order valence-electron chi connectivity index (χ0n) is 12.1. The fourth-order valence-electron chi connectivity index (χ4n) is 2.46. The van der Waals surface area contributed by atoms with E-state index >= 15 is 0 Å². The van der Waals surface area contributed by atoms with Crippen LogP contribution in [-0.4, -0.2) is 17.9 Å². The second kappa shape index (κ2) is 7.94. The number of halogens is 1. The fourth-order valence-corrected chi connectivity index (χ4v) is 3.65. The maximum Gasteiger partial charge on any atom is 0.328 e. The number of hydrogen-bond acceptors (Lipinski definition) is 4. The molecule has 1 aromatic heterocycles. The fraction of sp³-hybridized carbons (Fsp3) is 0.600. The monoisotopic (exact) mass is 373 g/mol. The number of rotatable bonds is 5. The molecule has 1 aliphatic carbocycles. The highest BCUT2D eigenvalue weighted by Gasteiger charge is 2.24. The Morgan fingerprint density at radius 2 is 2.14 bits per heavy atom. The summed E-state index contributed by atoms with van der Waals surface area (Å²) in [7, 11) is 0. The highest BCUT2D eigenvalue weighted by molar-refractivity contribution is 9.11. The van der Waals surface area contributed by atoms with Gasteiger partial charge in [-0.05, 0) is 47.1 Å². The van der Waals surface area contributed by atoms with Crippen molar-refractivity contribution in [2.45, 2.75) is 51.7 Å². The zero-order chi connectivity index (χ0) is 15.2. The van der Waals surface area contributed by atoms with E-state index in [-0.39, 0.29) is 24.4 Å². The maximum absolute atomic E-state index is 12.1. The molecule has 1 aromatic rings. The van der Waals surface area contributed by atoms with Crippen LogP contribution in [0.15, 0.2) is 15.2 Å². The average molecular weight is 374 g/mol. The van der Waals surface area contributed by atoms with Gasteiger partial charge in [-0.2, -0.15) is 0 Å². The first-order valence-corrected chi connectivity index (χ1v) is 8.93. The smallest absolute Gasteiger partial charge is 0.328 e. The molecule has 1 fully saturated rings. The second-order valence-electron chi connectivity index (χ2n) is 5.43. The molecule has 21 heavy (non-hydrogen) atoms. The van der Waals surface area contributed by atoms with E-state index in [9.17, 15) is 9.59 Å². The predicted molar refractivity (Wildman–Crippen MR) is 86.0 cm³/mol. The van der Waals surface area contributed by atoms with E-state index < -0.39 is 6.04 Å². The summed E-state index contributed by atoms with van der Waals surface area (Å²) in [5.74, 6) is -0.347. The molecule has 0 aliphatic heterocycles. The lowest BCUT2D eigenvalue weighted by atomic mass is 9.88. The van der Waals surface area contributed by atoms with Gasteiger partial charge in [0.1, 0.15) is 12.6 Å². The van der Waals surface area contributed by atoms with Gasteiger partial charge in [0, 0.05) is 11.5 Å². The SMILES string of the molecule is CC(NC(=O)C1CCCCC1)C(=O)OCc1csc(Br)c1. The molecule has 0 aromatic carbocycles. The Morgan fingerprint density at radius 1 is 1.43 bits per heavy atom. The summed E-state index contributed by atoms with van der Waals surface area (Å²) in [6.07, 6.45) is 5.26. The van der Waals surface area contributed by atoms with Crippen molar-refractivity contribution < 1.29 is 14.3 Å². The Bertz CT molecular complexity index is 497. The molecule has 1 amide bonds. The quantitative estimate of drug-likeness (QED) is 0.801. The summed E-state index contributed by atoms with van der Waals surface area (Å²) in [4.78, 5) is 24.0. The maximum atomic E-state index is 12.1. The topological polar surface area (TPSA) is 55.4 Å². The number of carbonyl (C=O) groups is 2. The molecule has 1 saturated carbocycles. The first-order chi connectivity index (χ1) is 10.1. The van der Waals surface area contributed by atoms with Crippen LogP contribution in [0, 0.1) is 5.92 Å². The molecule has 4 nitrogen and oxygen atoms in total. The van der Waals surface area contributed by atoms with Gasteiger partial charge in [0.25, 0.3) is 0 Å². The van der Waals surface area contributed by atoms with Crippen molar-refractivity contribution in [2.24, 2.45) is 5.92 Å². The van der Waals surface area contributed by atoms with Crippen molar-refractivity contribution in [3.05, 3.63) is 20.8 Å². The number of thiophene rings is 1. The Balaban J connectivity index is 1.75. The van der Waals surface area contributed by atoms with Gasteiger partial charge in [0.05, 0.1) is 3.79 Å². The van der Waals surface area contributed by atoms with Crippen LogP contribution >= 0.6 is 27.3 Å². The largest absolute Gasteiger partial charge is 0.459 e. The van der Waals surface area contributed by atoms with Crippen LogP contribution in [0.3, 0.4) is 0 Å². The average Bonchev–Trinajstić information content (AvgIpc) is 2.91. The van der Waals surface area contributed by atoms with Crippen LogP contribution < -0.4 is 5.32 Å². The molecular formula is C15H20BrNO3S. The molecule has 1 heterocycles. The lowest BCUT2D eigenvalue weighted by molar-refractivity contribution is -0.149. The van der Waals surface area contributed by atoms with Crippen LogP contribution in [0.25, 0.3) is 0 Å². The highest BCUT2D eigenvalue weighted by Crippen LogP contribution is 2.24. The molecule has 0 saturated heterocycles. The molecule has 1 unspecified atom stereocenters. The van der Waals surface area contributed by atoms with Gasteiger partial charge in [-0.1, -0.05) is 19.3 Å². The van der Waals surface area contributed by atoms with Crippen molar-refractivity contribution >= 4 is 39.1 Å². The molecule has 1 N–H and O–H groups in total. The van der Waals surface area contributed by atoms with Crippen LogP contribution in [0.2, 0.25) is 0 Å². The number of carbonyl (C=O) groups excluding carboxylic acids is 2. The second-order valence-corrected chi connectivity index (χ2v) is 7.72. The third-order valence-corrected chi connectivity index (χ3v) is 5.24. The van der Waals surface area contributed by atoms with E-state index in [0.717, 1.165) is 35.0 Å². The minimum Gasteiger partial charge on any atom is -0.459 e. The Kier molecular flexibility index (Phi) is 6.23. The van der Waals surface area contributed by atoms with Crippen molar-refractivity contribution in [3.63, 3.8) is 0 Å². The lowest BCUT2D eigenvalue weighted by Crippen LogP contribution is -2.42. The molecule has 2 rings (SSSR count). The summed E-state index contributed by atoms with van der Waals surface area (Å²) in [5.41, 5.74) is 0.950. The summed E-state index contributed by atoms with van der Waals surface area (Å²) in [6.45, 7) is 1.91. The normalized spacial score (nSPS) is 17.2. The Labute approximate surface area is 137 Å². The number of hydrogen-bond donors (Lipinski definition) is 1. The number of ether oxygens (including phenoxy) is 1. The van der Waals surface area contributed by atoms with Gasteiger partial charge in [-0.15, -0.1) is 11.3 Å². The Morgan fingerprint density at radius 3 is 2.76 bits per heavy atom. The minimum absolute atomic E-state index is 0.0163. The highest BCUT2D eigenvalue weighted by atomic mass is 79.9. The molecule has 1 aliphatic rings. The van der Waals surface area contributed by atoms with Crippen molar-refractivity contribution in [2.75, 3.05) is 0 Å². The van der Waals surface area contributed by atoms with Gasteiger partial charge in [-0.25, -0.2) is 4.79 Å².